The summed E-state index contributed by atoms with van der Waals surface area (Å²) < 4.78 is 35.2. The number of hydrogen-bond donors (Lipinski definition) is 1. The van der Waals surface area contributed by atoms with E-state index in [0.717, 1.165) is 23.9 Å². The zero-order valence-corrected chi connectivity index (χ0v) is 14.5. The number of sulfonamides is 1. The Balaban J connectivity index is 1.94. The largest absolute Gasteiger partial charge is 0.495 e. The van der Waals surface area contributed by atoms with E-state index in [2.05, 4.69) is 16.2 Å². The standard InChI is InChI=1S/C18H20N2O3S/c1-3-11-20-12-10-14-13-15(8-9-16(14)20)19-24(21,22)18-7-5-4-6-17(18)23-2/h4-10,12-13,19H,3,11H2,1-2H3. The van der Waals surface area contributed by atoms with E-state index in [1.165, 1.54) is 13.2 Å². The number of anilines is 1. The highest BCUT2D eigenvalue weighted by Gasteiger charge is 2.19. The van der Waals surface area contributed by atoms with E-state index in [1.807, 2.05) is 24.4 Å². The molecule has 1 heterocycles. The zero-order valence-electron chi connectivity index (χ0n) is 13.7. The van der Waals surface area contributed by atoms with E-state index >= 15 is 0 Å². The lowest BCUT2D eigenvalue weighted by molar-refractivity contribution is 0.403. The average Bonchev–Trinajstić information content (AvgIpc) is 2.97. The third-order valence-electron chi connectivity index (χ3n) is 3.85. The van der Waals surface area contributed by atoms with Crippen molar-refractivity contribution in [2.24, 2.45) is 0 Å². The van der Waals surface area contributed by atoms with Crippen molar-refractivity contribution >= 4 is 26.6 Å². The number of rotatable bonds is 6. The number of nitrogens with one attached hydrogen (secondary N) is 1. The number of nitrogens with zero attached hydrogens (tertiary/aromatic N) is 1. The van der Waals surface area contributed by atoms with Crippen LogP contribution in [0.25, 0.3) is 10.9 Å². The lowest BCUT2D eigenvalue weighted by Crippen LogP contribution is -2.14. The number of aromatic nitrogens is 1. The first-order valence-electron chi connectivity index (χ1n) is 7.80. The Morgan fingerprint density at radius 2 is 1.92 bits per heavy atom. The van der Waals surface area contributed by atoms with Crippen molar-refractivity contribution in [2.45, 2.75) is 24.8 Å². The summed E-state index contributed by atoms with van der Waals surface area (Å²) in [5.41, 5.74) is 1.62. The molecule has 5 nitrogen and oxygen atoms in total. The summed E-state index contributed by atoms with van der Waals surface area (Å²) in [5, 5.41) is 1.00. The SMILES string of the molecule is CCCn1ccc2cc(NS(=O)(=O)c3ccccc3OC)ccc21. The maximum absolute atomic E-state index is 12.6. The Hall–Kier alpha value is -2.47. The molecule has 0 spiro atoms. The molecule has 0 saturated carbocycles. The van der Waals surface area contributed by atoms with Crippen LogP contribution in [0.4, 0.5) is 5.69 Å². The van der Waals surface area contributed by atoms with Gasteiger partial charge < -0.3 is 9.30 Å². The minimum Gasteiger partial charge on any atom is -0.495 e. The van der Waals surface area contributed by atoms with Gasteiger partial charge in [-0.05, 0) is 42.8 Å². The van der Waals surface area contributed by atoms with Crippen LogP contribution in [0, 0.1) is 0 Å². The van der Waals surface area contributed by atoms with Gasteiger partial charge in [-0.3, -0.25) is 4.72 Å². The van der Waals surface area contributed by atoms with E-state index < -0.39 is 10.0 Å². The van der Waals surface area contributed by atoms with E-state index in [0.29, 0.717) is 11.4 Å². The molecule has 24 heavy (non-hydrogen) atoms. The maximum atomic E-state index is 12.6. The van der Waals surface area contributed by atoms with Crippen molar-refractivity contribution in [1.82, 2.24) is 4.57 Å². The minimum absolute atomic E-state index is 0.121. The first kappa shape index (κ1) is 16.4. The number of aryl methyl sites for hydroxylation is 1. The second-order valence-electron chi connectivity index (χ2n) is 5.54. The Morgan fingerprint density at radius 1 is 1.12 bits per heavy atom. The first-order valence-corrected chi connectivity index (χ1v) is 9.28. The van der Waals surface area contributed by atoms with Crippen LogP contribution in [0.15, 0.2) is 59.6 Å². The number of benzene rings is 2. The van der Waals surface area contributed by atoms with Gasteiger partial charge in [-0.2, -0.15) is 0 Å². The molecule has 0 radical (unpaired) electrons. The average molecular weight is 344 g/mol. The van der Waals surface area contributed by atoms with Crippen LogP contribution in [-0.2, 0) is 16.6 Å². The van der Waals surface area contributed by atoms with E-state index in [-0.39, 0.29) is 4.90 Å². The van der Waals surface area contributed by atoms with Gasteiger partial charge >= 0.3 is 0 Å². The molecule has 0 aliphatic carbocycles. The highest BCUT2D eigenvalue weighted by molar-refractivity contribution is 7.92. The molecule has 0 amide bonds. The molecule has 0 unspecified atom stereocenters. The van der Waals surface area contributed by atoms with Crippen molar-refractivity contribution in [2.75, 3.05) is 11.8 Å². The van der Waals surface area contributed by atoms with Gasteiger partial charge in [0, 0.05) is 29.3 Å². The number of hydrogen-bond acceptors (Lipinski definition) is 3. The van der Waals surface area contributed by atoms with Gasteiger partial charge in [0.1, 0.15) is 10.6 Å². The lowest BCUT2D eigenvalue weighted by Gasteiger charge is -2.11. The lowest BCUT2D eigenvalue weighted by atomic mass is 10.2. The summed E-state index contributed by atoms with van der Waals surface area (Å²) in [5.74, 6) is 0.320. The van der Waals surface area contributed by atoms with Crippen molar-refractivity contribution in [1.29, 1.82) is 0 Å². The van der Waals surface area contributed by atoms with Crippen molar-refractivity contribution < 1.29 is 13.2 Å². The van der Waals surface area contributed by atoms with Gasteiger partial charge in [-0.25, -0.2) is 8.42 Å². The predicted molar refractivity (Wildman–Crippen MR) is 96.0 cm³/mol. The summed E-state index contributed by atoms with van der Waals surface area (Å²) >= 11 is 0. The molecule has 1 aromatic heterocycles. The van der Waals surface area contributed by atoms with Crippen LogP contribution in [0.3, 0.4) is 0 Å². The second kappa shape index (κ2) is 6.57. The quantitative estimate of drug-likeness (QED) is 0.738. The molecule has 0 saturated heterocycles. The molecule has 3 rings (SSSR count). The predicted octanol–water partition coefficient (Wildman–Crippen LogP) is 3.86. The van der Waals surface area contributed by atoms with Gasteiger partial charge in [0.2, 0.25) is 0 Å². The fraction of sp³-hybridized carbons (Fsp3) is 0.222. The molecule has 1 N–H and O–H groups in total. The fourth-order valence-electron chi connectivity index (χ4n) is 2.75. The van der Waals surface area contributed by atoms with E-state index in [1.54, 1.807) is 24.3 Å². The maximum Gasteiger partial charge on any atom is 0.265 e. The highest BCUT2D eigenvalue weighted by atomic mass is 32.2. The third kappa shape index (κ3) is 3.10. The van der Waals surface area contributed by atoms with Crippen LogP contribution in [0.1, 0.15) is 13.3 Å². The molecule has 0 fully saturated rings. The summed E-state index contributed by atoms with van der Waals surface area (Å²) in [6.07, 6.45) is 3.07. The number of ether oxygens (including phenoxy) is 1. The normalized spacial score (nSPS) is 11.6. The van der Waals surface area contributed by atoms with Crippen molar-refractivity contribution in [3.05, 3.63) is 54.7 Å². The smallest absolute Gasteiger partial charge is 0.265 e. The second-order valence-corrected chi connectivity index (χ2v) is 7.19. The van der Waals surface area contributed by atoms with E-state index in [9.17, 15) is 8.42 Å². The summed E-state index contributed by atoms with van der Waals surface area (Å²) in [4.78, 5) is 0.121. The van der Waals surface area contributed by atoms with Crippen LogP contribution >= 0.6 is 0 Å². The van der Waals surface area contributed by atoms with Crippen molar-refractivity contribution in [3.8, 4) is 5.75 Å². The summed E-state index contributed by atoms with van der Waals surface area (Å²) in [7, 11) is -2.25. The molecule has 0 atom stereocenters. The van der Waals surface area contributed by atoms with Gasteiger partial charge in [-0.1, -0.05) is 19.1 Å². The van der Waals surface area contributed by atoms with Crippen LogP contribution in [0.5, 0.6) is 5.75 Å². The molecular weight excluding hydrogens is 324 g/mol. The molecule has 3 aromatic rings. The molecule has 6 heteroatoms. The molecule has 2 aromatic carbocycles. The minimum atomic E-state index is -3.71. The number of fused-ring (bicyclic) bond motifs is 1. The molecule has 0 bridgehead atoms. The summed E-state index contributed by atoms with van der Waals surface area (Å²) in [6, 6.07) is 14.1. The van der Waals surface area contributed by atoms with Gasteiger partial charge in [0.15, 0.2) is 0 Å². The van der Waals surface area contributed by atoms with Gasteiger partial charge in [-0.15, -0.1) is 0 Å². The molecular formula is C18H20N2O3S. The molecule has 0 aliphatic rings. The monoisotopic (exact) mass is 344 g/mol. The Bertz CT molecular complexity index is 961. The number of para-hydroxylation sites is 1. The zero-order chi connectivity index (χ0) is 17.2. The van der Waals surface area contributed by atoms with Crippen molar-refractivity contribution in [3.63, 3.8) is 0 Å². The Morgan fingerprint density at radius 3 is 2.67 bits per heavy atom. The Labute approximate surface area is 141 Å². The summed E-state index contributed by atoms with van der Waals surface area (Å²) in [6.45, 7) is 3.07. The Kier molecular flexibility index (Phi) is 4.49. The first-order chi connectivity index (χ1) is 11.5. The van der Waals surface area contributed by atoms with Gasteiger partial charge in [0.25, 0.3) is 10.0 Å². The third-order valence-corrected chi connectivity index (χ3v) is 5.27. The van der Waals surface area contributed by atoms with E-state index in [4.69, 9.17) is 4.74 Å². The van der Waals surface area contributed by atoms with Crippen LogP contribution in [0.2, 0.25) is 0 Å². The fourth-order valence-corrected chi connectivity index (χ4v) is 3.97. The molecule has 126 valence electrons. The topological polar surface area (TPSA) is 60.3 Å². The highest BCUT2D eigenvalue weighted by Crippen LogP contribution is 2.27. The number of methoxy groups -OCH3 is 1. The van der Waals surface area contributed by atoms with Gasteiger partial charge in [0.05, 0.1) is 7.11 Å². The van der Waals surface area contributed by atoms with Crippen LogP contribution < -0.4 is 9.46 Å². The molecule has 0 aliphatic heterocycles. The van der Waals surface area contributed by atoms with Crippen LogP contribution in [-0.4, -0.2) is 20.1 Å².